The zero-order valence-electron chi connectivity index (χ0n) is 6.71. The van der Waals surface area contributed by atoms with Gasteiger partial charge in [0, 0.05) is 12.7 Å². The van der Waals surface area contributed by atoms with Crippen LogP contribution >= 0.6 is 11.6 Å². The molecule has 0 unspecified atom stereocenters. The average Bonchev–Trinajstić information content (AvgIpc) is 1.93. The number of halogens is 1. The molecule has 0 spiro atoms. The third-order valence-electron chi connectivity index (χ3n) is 1.30. The SMILES string of the molecule is CN(C)Cc1ncccc1Cl. The summed E-state index contributed by atoms with van der Waals surface area (Å²) in [5.74, 6) is 0. The third-order valence-corrected chi connectivity index (χ3v) is 1.64. The number of aromatic nitrogens is 1. The Labute approximate surface area is 71.8 Å². The van der Waals surface area contributed by atoms with Crippen LogP contribution in [0.3, 0.4) is 0 Å². The van der Waals surface area contributed by atoms with E-state index in [1.807, 2.05) is 31.1 Å². The third kappa shape index (κ3) is 2.48. The molecule has 0 N–H and O–H groups in total. The Morgan fingerprint density at radius 1 is 1.55 bits per heavy atom. The summed E-state index contributed by atoms with van der Waals surface area (Å²) in [7, 11) is 3.98. The summed E-state index contributed by atoms with van der Waals surface area (Å²) in [6, 6.07) is 3.69. The van der Waals surface area contributed by atoms with E-state index in [-0.39, 0.29) is 0 Å². The van der Waals surface area contributed by atoms with E-state index >= 15 is 0 Å². The molecule has 0 aliphatic rings. The standard InChI is InChI=1S/C8H11ClN2/c1-11(2)6-8-7(9)4-3-5-10-8/h3-5H,6H2,1-2H3. The van der Waals surface area contributed by atoms with E-state index in [1.165, 1.54) is 0 Å². The molecule has 11 heavy (non-hydrogen) atoms. The highest BCUT2D eigenvalue weighted by Gasteiger charge is 2.00. The Hall–Kier alpha value is -0.600. The zero-order chi connectivity index (χ0) is 8.27. The normalized spacial score (nSPS) is 10.5. The van der Waals surface area contributed by atoms with Crippen LogP contribution in [0, 0.1) is 0 Å². The average molecular weight is 171 g/mol. The van der Waals surface area contributed by atoms with Gasteiger partial charge in [-0.25, -0.2) is 0 Å². The van der Waals surface area contributed by atoms with E-state index in [2.05, 4.69) is 4.98 Å². The topological polar surface area (TPSA) is 16.1 Å². The highest BCUT2D eigenvalue weighted by atomic mass is 35.5. The molecular weight excluding hydrogens is 160 g/mol. The number of hydrogen-bond donors (Lipinski definition) is 0. The van der Waals surface area contributed by atoms with Crippen molar-refractivity contribution in [1.82, 2.24) is 9.88 Å². The molecule has 2 nitrogen and oxygen atoms in total. The molecule has 0 aromatic carbocycles. The molecular formula is C8H11ClN2. The molecule has 0 radical (unpaired) electrons. The fourth-order valence-corrected chi connectivity index (χ4v) is 1.02. The van der Waals surface area contributed by atoms with Crippen molar-refractivity contribution in [2.45, 2.75) is 6.54 Å². The Morgan fingerprint density at radius 2 is 2.27 bits per heavy atom. The zero-order valence-corrected chi connectivity index (χ0v) is 7.47. The van der Waals surface area contributed by atoms with Crippen molar-refractivity contribution in [1.29, 1.82) is 0 Å². The van der Waals surface area contributed by atoms with Crippen LogP contribution in [0.5, 0.6) is 0 Å². The minimum atomic E-state index is 0.737. The summed E-state index contributed by atoms with van der Waals surface area (Å²) < 4.78 is 0. The molecule has 1 aromatic heterocycles. The first-order valence-corrected chi connectivity index (χ1v) is 3.82. The number of pyridine rings is 1. The molecule has 1 aromatic rings. The van der Waals surface area contributed by atoms with Gasteiger partial charge in [0.25, 0.3) is 0 Å². The molecule has 0 atom stereocenters. The van der Waals surface area contributed by atoms with Crippen LogP contribution in [0.2, 0.25) is 5.02 Å². The van der Waals surface area contributed by atoms with Crippen LogP contribution in [0.1, 0.15) is 5.69 Å². The second-order valence-electron chi connectivity index (χ2n) is 2.67. The first-order chi connectivity index (χ1) is 5.20. The molecule has 0 amide bonds. The molecule has 0 fully saturated rings. The number of nitrogens with zero attached hydrogens (tertiary/aromatic N) is 2. The van der Waals surface area contributed by atoms with Crippen LogP contribution in [0.15, 0.2) is 18.3 Å². The van der Waals surface area contributed by atoms with Gasteiger partial charge in [0.15, 0.2) is 0 Å². The second kappa shape index (κ2) is 3.69. The predicted molar refractivity (Wildman–Crippen MR) is 46.6 cm³/mol. The van der Waals surface area contributed by atoms with Crippen LogP contribution < -0.4 is 0 Å². The lowest BCUT2D eigenvalue weighted by molar-refractivity contribution is 0.397. The summed E-state index contributed by atoms with van der Waals surface area (Å²) in [6.07, 6.45) is 1.75. The van der Waals surface area contributed by atoms with E-state index in [9.17, 15) is 0 Å². The fourth-order valence-electron chi connectivity index (χ4n) is 0.834. The van der Waals surface area contributed by atoms with Gasteiger partial charge in [0.1, 0.15) is 0 Å². The first-order valence-electron chi connectivity index (χ1n) is 3.44. The molecule has 60 valence electrons. The summed E-state index contributed by atoms with van der Waals surface area (Å²) in [6.45, 7) is 0.791. The maximum atomic E-state index is 5.88. The van der Waals surface area contributed by atoms with Gasteiger partial charge >= 0.3 is 0 Å². The molecule has 0 saturated carbocycles. The van der Waals surface area contributed by atoms with E-state index in [0.717, 1.165) is 17.3 Å². The quantitative estimate of drug-likeness (QED) is 0.673. The highest BCUT2D eigenvalue weighted by Crippen LogP contribution is 2.12. The fraction of sp³-hybridized carbons (Fsp3) is 0.375. The van der Waals surface area contributed by atoms with Gasteiger partial charge in [-0.2, -0.15) is 0 Å². The Bertz CT molecular complexity index is 235. The Kier molecular flexibility index (Phi) is 2.85. The van der Waals surface area contributed by atoms with E-state index in [1.54, 1.807) is 6.20 Å². The van der Waals surface area contributed by atoms with Gasteiger partial charge in [-0.15, -0.1) is 0 Å². The van der Waals surface area contributed by atoms with Crippen LogP contribution in [0.4, 0.5) is 0 Å². The molecule has 0 bridgehead atoms. The van der Waals surface area contributed by atoms with Gasteiger partial charge in [0.05, 0.1) is 10.7 Å². The highest BCUT2D eigenvalue weighted by molar-refractivity contribution is 6.31. The van der Waals surface area contributed by atoms with Crippen LogP contribution in [-0.2, 0) is 6.54 Å². The maximum absolute atomic E-state index is 5.88. The van der Waals surface area contributed by atoms with Gasteiger partial charge in [-0.1, -0.05) is 11.6 Å². The summed E-state index contributed by atoms with van der Waals surface area (Å²) in [4.78, 5) is 6.18. The van der Waals surface area contributed by atoms with Crippen molar-refractivity contribution in [2.75, 3.05) is 14.1 Å². The molecule has 0 aliphatic heterocycles. The molecule has 0 saturated heterocycles. The molecule has 3 heteroatoms. The Balaban J connectivity index is 2.78. The van der Waals surface area contributed by atoms with Crippen molar-refractivity contribution in [3.05, 3.63) is 29.0 Å². The minimum Gasteiger partial charge on any atom is -0.304 e. The van der Waals surface area contributed by atoms with Crippen LogP contribution in [0.25, 0.3) is 0 Å². The smallest absolute Gasteiger partial charge is 0.0729 e. The van der Waals surface area contributed by atoms with E-state index in [0.29, 0.717) is 0 Å². The van der Waals surface area contributed by atoms with Crippen molar-refractivity contribution in [2.24, 2.45) is 0 Å². The van der Waals surface area contributed by atoms with Crippen molar-refractivity contribution in [3.8, 4) is 0 Å². The summed E-state index contributed by atoms with van der Waals surface area (Å²) >= 11 is 5.88. The largest absolute Gasteiger partial charge is 0.304 e. The number of hydrogen-bond acceptors (Lipinski definition) is 2. The van der Waals surface area contributed by atoms with E-state index in [4.69, 9.17) is 11.6 Å². The minimum absolute atomic E-state index is 0.737. The second-order valence-corrected chi connectivity index (χ2v) is 3.08. The van der Waals surface area contributed by atoms with Crippen molar-refractivity contribution >= 4 is 11.6 Å². The summed E-state index contributed by atoms with van der Waals surface area (Å²) in [5, 5.41) is 0.737. The van der Waals surface area contributed by atoms with Crippen LogP contribution in [-0.4, -0.2) is 24.0 Å². The van der Waals surface area contributed by atoms with Gasteiger partial charge in [-0.3, -0.25) is 4.98 Å². The molecule has 1 rings (SSSR count). The lowest BCUT2D eigenvalue weighted by atomic mass is 10.3. The summed E-state index contributed by atoms with van der Waals surface area (Å²) in [5.41, 5.74) is 0.930. The van der Waals surface area contributed by atoms with Crippen molar-refractivity contribution < 1.29 is 0 Å². The first kappa shape index (κ1) is 8.50. The number of rotatable bonds is 2. The Morgan fingerprint density at radius 3 is 2.82 bits per heavy atom. The van der Waals surface area contributed by atoms with E-state index < -0.39 is 0 Å². The van der Waals surface area contributed by atoms with Crippen molar-refractivity contribution in [3.63, 3.8) is 0 Å². The van der Waals surface area contributed by atoms with Gasteiger partial charge in [-0.05, 0) is 26.2 Å². The van der Waals surface area contributed by atoms with Gasteiger partial charge < -0.3 is 4.90 Å². The molecule has 0 aliphatic carbocycles. The lowest BCUT2D eigenvalue weighted by Gasteiger charge is -2.08. The maximum Gasteiger partial charge on any atom is 0.0729 e. The van der Waals surface area contributed by atoms with Gasteiger partial charge in [0.2, 0.25) is 0 Å². The monoisotopic (exact) mass is 170 g/mol. The predicted octanol–water partition coefficient (Wildman–Crippen LogP) is 1.80. The lowest BCUT2D eigenvalue weighted by Crippen LogP contribution is -2.12. The molecule has 1 heterocycles.